The van der Waals surface area contributed by atoms with Crippen molar-refractivity contribution in [3.05, 3.63) is 59.9 Å². The molecule has 2 atom stereocenters. The van der Waals surface area contributed by atoms with E-state index in [0.717, 1.165) is 12.0 Å². The van der Waals surface area contributed by atoms with E-state index in [0.29, 0.717) is 36.7 Å². The van der Waals surface area contributed by atoms with Gasteiger partial charge in [-0.2, -0.15) is 9.97 Å². The van der Waals surface area contributed by atoms with E-state index < -0.39 is 0 Å². The van der Waals surface area contributed by atoms with E-state index in [1.807, 2.05) is 35.2 Å². The maximum atomic E-state index is 5.83. The molecule has 2 unspecified atom stereocenters. The normalized spacial score (nSPS) is 19.4. The number of methoxy groups -OCH3 is 1. The molecule has 140 valence electrons. The number of ether oxygens (including phenoxy) is 2. The van der Waals surface area contributed by atoms with Gasteiger partial charge in [0.2, 0.25) is 17.7 Å². The summed E-state index contributed by atoms with van der Waals surface area (Å²) in [6, 6.07) is 11.6. The summed E-state index contributed by atoms with van der Waals surface area (Å²) in [4.78, 5) is 15.4. The summed E-state index contributed by atoms with van der Waals surface area (Å²) in [5, 5.41) is 3.90. The van der Waals surface area contributed by atoms with Gasteiger partial charge in [0.1, 0.15) is 12.6 Å². The highest BCUT2D eigenvalue weighted by Crippen LogP contribution is 2.35. The molecule has 0 saturated carbocycles. The first kappa shape index (κ1) is 17.4. The van der Waals surface area contributed by atoms with Gasteiger partial charge in [-0.25, -0.2) is 4.98 Å². The van der Waals surface area contributed by atoms with Crippen molar-refractivity contribution in [2.45, 2.75) is 32.1 Å². The Balaban J connectivity index is 1.54. The summed E-state index contributed by atoms with van der Waals surface area (Å²) in [5.41, 5.74) is 1.08. The minimum absolute atomic E-state index is 0.0414. The average Bonchev–Trinajstić information content (AvgIpc) is 3.33. The lowest BCUT2D eigenvalue weighted by atomic mass is 10.2. The molecule has 8 heteroatoms. The SMILES string of the molecule is COC1CC(c2nc(C)no2)N(c2nccc(OCc3ccccc3)n2)C1. The predicted molar refractivity (Wildman–Crippen MR) is 97.3 cm³/mol. The van der Waals surface area contributed by atoms with E-state index in [2.05, 4.69) is 20.1 Å². The second kappa shape index (κ2) is 7.71. The molecule has 2 aromatic heterocycles. The van der Waals surface area contributed by atoms with Crippen molar-refractivity contribution in [2.75, 3.05) is 18.6 Å². The van der Waals surface area contributed by atoms with Crippen LogP contribution in [-0.2, 0) is 11.3 Å². The predicted octanol–water partition coefficient (Wildman–Crippen LogP) is 2.71. The van der Waals surface area contributed by atoms with Crippen LogP contribution in [0.1, 0.15) is 29.7 Å². The molecule has 3 heterocycles. The van der Waals surface area contributed by atoms with Crippen LogP contribution in [0.2, 0.25) is 0 Å². The topological polar surface area (TPSA) is 86.4 Å². The van der Waals surface area contributed by atoms with E-state index in [9.17, 15) is 0 Å². The number of anilines is 1. The van der Waals surface area contributed by atoms with E-state index >= 15 is 0 Å². The average molecular weight is 367 g/mol. The van der Waals surface area contributed by atoms with Crippen LogP contribution in [0.4, 0.5) is 5.95 Å². The van der Waals surface area contributed by atoms with Gasteiger partial charge < -0.3 is 18.9 Å². The Hall–Kier alpha value is -3.00. The lowest BCUT2D eigenvalue weighted by Gasteiger charge is -2.21. The zero-order valence-electron chi connectivity index (χ0n) is 15.3. The molecule has 1 fully saturated rings. The molecule has 0 N–H and O–H groups in total. The smallest absolute Gasteiger partial charge is 0.249 e. The van der Waals surface area contributed by atoms with E-state index in [1.54, 1.807) is 26.3 Å². The molecule has 1 aliphatic rings. The van der Waals surface area contributed by atoms with Gasteiger partial charge in [0.05, 0.1) is 6.10 Å². The van der Waals surface area contributed by atoms with Gasteiger partial charge in [0, 0.05) is 32.3 Å². The number of hydrogen-bond donors (Lipinski definition) is 0. The highest BCUT2D eigenvalue weighted by Gasteiger charge is 2.38. The lowest BCUT2D eigenvalue weighted by Crippen LogP contribution is -2.27. The molecular formula is C19H21N5O3. The number of benzene rings is 1. The van der Waals surface area contributed by atoms with Crippen LogP contribution >= 0.6 is 0 Å². The van der Waals surface area contributed by atoms with Gasteiger partial charge in [-0.3, -0.25) is 0 Å². The number of aromatic nitrogens is 4. The summed E-state index contributed by atoms with van der Waals surface area (Å²) in [7, 11) is 1.70. The second-order valence-corrected chi connectivity index (χ2v) is 6.41. The Labute approximate surface area is 157 Å². The Bertz CT molecular complexity index is 886. The maximum absolute atomic E-state index is 5.83. The van der Waals surface area contributed by atoms with Crippen molar-refractivity contribution in [1.82, 2.24) is 20.1 Å². The van der Waals surface area contributed by atoms with Crippen molar-refractivity contribution in [3.8, 4) is 5.88 Å². The molecule has 8 nitrogen and oxygen atoms in total. The molecule has 0 spiro atoms. The van der Waals surface area contributed by atoms with Gasteiger partial charge in [-0.1, -0.05) is 35.5 Å². The van der Waals surface area contributed by atoms with E-state index in [-0.39, 0.29) is 12.1 Å². The fourth-order valence-corrected chi connectivity index (χ4v) is 3.15. The quantitative estimate of drug-likeness (QED) is 0.657. The zero-order valence-corrected chi connectivity index (χ0v) is 15.3. The van der Waals surface area contributed by atoms with Crippen molar-refractivity contribution >= 4 is 5.95 Å². The van der Waals surface area contributed by atoms with Crippen molar-refractivity contribution < 1.29 is 14.0 Å². The Morgan fingerprint density at radius 2 is 2.04 bits per heavy atom. The van der Waals surface area contributed by atoms with Crippen molar-refractivity contribution in [2.24, 2.45) is 0 Å². The van der Waals surface area contributed by atoms with Crippen LogP contribution in [0.5, 0.6) is 5.88 Å². The molecule has 27 heavy (non-hydrogen) atoms. The number of aryl methyl sites for hydroxylation is 1. The van der Waals surface area contributed by atoms with Crippen LogP contribution in [0.3, 0.4) is 0 Å². The molecule has 1 saturated heterocycles. The highest BCUT2D eigenvalue weighted by atomic mass is 16.5. The van der Waals surface area contributed by atoms with E-state index in [4.69, 9.17) is 14.0 Å². The highest BCUT2D eigenvalue weighted by molar-refractivity contribution is 5.37. The third-order valence-corrected chi connectivity index (χ3v) is 4.53. The Morgan fingerprint density at radius 3 is 2.78 bits per heavy atom. The van der Waals surface area contributed by atoms with Crippen LogP contribution in [0.15, 0.2) is 47.1 Å². The maximum Gasteiger partial charge on any atom is 0.249 e. The fraction of sp³-hybridized carbons (Fsp3) is 0.368. The Morgan fingerprint density at radius 1 is 1.19 bits per heavy atom. The number of hydrogen-bond acceptors (Lipinski definition) is 8. The van der Waals surface area contributed by atoms with E-state index in [1.165, 1.54) is 0 Å². The minimum Gasteiger partial charge on any atom is -0.473 e. The molecule has 1 aliphatic heterocycles. The molecule has 1 aromatic carbocycles. The van der Waals surface area contributed by atoms with Crippen LogP contribution in [0, 0.1) is 6.92 Å². The molecule has 0 radical (unpaired) electrons. The third kappa shape index (κ3) is 3.90. The first-order valence-electron chi connectivity index (χ1n) is 8.82. The van der Waals surface area contributed by atoms with Crippen molar-refractivity contribution in [1.29, 1.82) is 0 Å². The zero-order chi connectivity index (χ0) is 18.6. The van der Waals surface area contributed by atoms with Crippen LogP contribution in [-0.4, -0.2) is 39.9 Å². The molecule has 3 aromatic rings. The summed E-state index contributed by atoms with van der Waals surface area (Å²) >= 11 is 0. The van der Waals surface area contributed by atoms with Gasteiger partial charge in [0.15, 0.2) is 5.82 Å². The van der Waals surface area contributed by atoms with Crippen molar-refractivity contribution in [3.63, 3.8) is 0 Å². The minimum atomic E-state index is -0.125. The second-order valence-electron chi connectivity index (χ2n) is 6.41. The molecule has 4 rings (SSSR count). The third-order valence-electron chi connectivity index (χ3n) is 4.53. The molecule has 0 bridgehead atoms. The summed E-state index contributed by atoms with van der Waals surface area (Å²) in [6.45, 7) is 2.89. The summed E-state index contributed by atoms with van der Waals surface area (Å²) in [5.74, 6) is 2.23. The first-order valence-corrected chi connectivity index (χ1v) is 8.82. The number of nitrogens with zero attached hydrogens (tertiary/aromatic N) is 5. The lowest BCUT2D eigenvalue weighted by molar-refractivity contribution is 0.117. The molecular weight excluding hydrogens is 346 g/mol. The van der Waals surface area contributed by atoms with Gasteiger partial charge in [-0.05, 0) is 12.5 Å². The number of rotatable bonds is 6. The van der Waals surface area contributed by atoms with Gasteiger partial charge in [0.25, 0.3) is 0 Å². The standard InChI is InChI=1S/C19H21N5O3/c1-13-21-18(27-23-13)16-10-15(25-2)11-24(16)19-20-9-8-17(22-19)26-12-14-6-4-3-5-7-14/h3-9,15-16H,10-12H2,1-2H3. The summed E-state index contributed by atoms with van der Waals surface area (Å²) < 4.78 is 16.8. The monoisotopic (exact) mass is 367 g/mol. The molecule has 0 aliphatic carbocycles. The van der Waals surface area contributed by atoms with Gasteiger partial charge in [-0.15, -0.1) is 0 Å². The van der Waals surface area contributed by atoms with Crippen LogP contribution in [0.25, 0.3) is 0 Å². The fourth-order valence-electron chi connectivity index (χ4n) is 3.15. The Kier molecular flexibility index (Phi) is 4.97. The summed E-state index contributed by atoms with van der Waals surface area (Å²) in [6.07, 6.45) is 2.47. The molecule has 0 amide bonds. The van der Waals surface area contributed by atoms with Crippen LogP contribution < -0.4 is 9.64 Å². The first-order chi connectivity index (χ1) is 13.2. The largest absolute Gasteiger partial charge is 0.473 e. The van der Waals surface area contributed by atoms with Gasteiger partial charge >= 0.3 is 0 Å².